The first kappa shape index (κ1) is 14.7. The number of piperidine rings is 1. The molecule has 0 bridgehead atoms. The van der Waals surface area contributed by atoms with Crippen molar-refractivity contribution in [2.45, 2.75) is 20.3 Å². The number of carbonyl (C=O) groups excluding carboxylic acids is 1. The van der Waals surface area contributed by atoms with E-state index in [-0.39, 0.29) is 5.82 Å². The summed E-state index contributed by atoms with van der Waals surface area (Å²) in [7, 11) is 1.33. The third kappa shape index (κ3) is 3.07. The van der Waals surface area contributed by atoms with Gasteiger partial charge in [0, 0.05) is 24.8 Å². The molecule has 0 aromatic carbocycles. The summed E-state index contributed by atoms with van der Waals surface area (Å²) in [5.41, 5.74) is 6.59. The molecule has 0 amide bonds. The van der Waals surface area contributed by atoms with Gasteiger partial charge in [-0.15, -0.1) is 0 Å². The number of nitrogens with two attached hydrogens (primary N) is 1. The van der Waals surface area contributed by atoms with Crippen molar-refractivity contribution < 1.29 is 9.53 Å². The van der Waals surface area contributed by atoms with Crippen LogP contribution in [-0.4, -0.2) is 42.7 Å². The van der Waals surface area contributed by atoms with Crippen LogP contribution in [0.4, 0.5) is 5.82 Å². The van der Waals surface area contributed by atoms with Crippen LogP contribution >= 0.6 is 0 Å². The quantitative estimate of drug-likeness (QED) is 0.830. The number of methoxy groups -OCH3 is 1. The average molecular weight is 278 g/mol. The maximum atomic E-state index is 11.6. The Morgan fingerprint density at radius 1 is 1.55 bits per heavy atom. The van der Waals surface area contributed by atoms with E-state index < -0.39 is 5.97 Å². The number of hydrogen-bond donors (Lipinski definition) is 1. The normalized spacial score (nSPS) is 22.7. The van der Waals surface area contributed by atoms with E-state index in [0.29, 0.717) is 18.4 Å². The molecule has 0 radical (unpaired) electrons. The minimum absolute atomic E-state index is 0.116. The lowest BCUT2D eigenvalue weighted by atomic mass is 9.87. The highest BCUT2D eigenvalue weighted by molar-refractivity contribution is 5.85. The van der Waals surface area contributed by atoms with Gasteiger partial charge in [-0.3, -0.25) is 0 Å². The molecule has 0 spiro atoms. The van der Waals surface area contributed by atoms with E-state index in [1.165, 1.54) is 7.11 Å². The van der Waals surface area contributed by atoms with Gasteiger partial charge in [0.2, 0.25) is 5.82 Å². The number of aryl methyl sites for hydroxylation is 1. The number of hydrogen-bond acceptors (Lipinski definition) is 6. The Morgan fingerprint density at radius 2 is 2.30 bits per heavy atom. The molecule has 0 saturated carbocycles. The van der Waals surface area contributed by atoms with Crippen LogP contribution in [0.3, 0.4) is 0 Å². The largest absolute Gasteiger partial charge is 0.463 e. The zero-order chi connectivity index (χ0) is 14.7. The van der Waals surface area contributed by atoms with Crippen LogP contribution in [-0.2, 0) is 4.74 Å². The topological polar surface area (TPSA) is 81.3 Å². The zero-order valence-electron chi connectivity index (χ0n) is 12.3. The van der Waals surface area contributed by atoms with E-state index >= 15 is 0 Å². The summed E-state index contributed by atoms with van der Waals surface area (Å²) in [6, 6.07) is 1.90. The number of esters is 1. The monoisotopic (exact) mass is 278 g/mol. The van der Waals surface area contributed by atoms with E-state index in [2.05, 4.69) is 21.8 Å². The average Bonchev–Trinajstić information content (AvgIpc) is 2.46. The van der Waals surface area contributed by atoms with Crippen molar-refractivity contribution in [3.63, 3.8) is 0 Å². The fourth-order valence-electron chi connectivity index (χ4n) is 2.56. The van der Waals surface area contributed by atoms with E-state index in [0.717, 1.165) is 31.0 Å². The number of carbonyl (C=O) groups is 1. The van der Waals surface area contributed by atoms with Gasteiger partial charge in [0.1, 0.15) is 5.82 Å². The molecule has 1 fully saturated rings. The molecule has 110 valence electrons. The Morgan fingerprint density at radius 3 is 2.95 bits per heavy atom. The highest BCUT2D eigenvalue weighted by atomic mass is 16.5. The van der Waals surface area contributed by atoms with Gasteiger partial charge in [-0.25, -0.2) is 14.8 Å². The molecule has 6 heteroatoms. The van der Waals surface area contributed by atoms with Crippen molar-refractivity contribution in [3.8, 4) is 0 Å². The van der Waals surface area contributed by atoms with Gasteiger partial charge >= 0.3 is 5.97 Å². The van der Waals surface area contributed by atoms with Crippen molar-refractivity contribution in [2.75, 3.05) is 31.6 Å². The highest BCUT2D eigenvalue weighted by Crippen LogP contribution is 2.26. The molecule has 1 aromatic heterocycles. The van der Waals surface area contributed by atoms with Crippen molar-refractivity contribution in [3.05, 3.63) is 17.6 Å². The second-order valence-corrected chi connectivity index (χ2v) is 5.39. The molecule has 2 unspecified atom stereocenters. The minimum Gasteiger partial charge on any atom is -0.463 e. The maximum Gasteiger partial charge on any atom is 0.376 e. The van der Waals surface area contributed by atoms with Gasteiger partial charge in [-0.2, -0.15) is 0 Å². The molecule has 1 aliphatic rings. The Balaban J connectivity index is 2.24. The Labute approximate surface area is 119 Å². The SMILES string of the molecule is COC(=O)c1nc(C)cc(N2CCC(C)C(CN)C2)n1. The summed E-state index contributed by atoms with van der Waals surface area (Å²) in [6.07, 6.45) is 1.08. The molecule has 2 atom stereocenters. The molecule has 2 rings (SSSR count). The molecule has 1 aliphatic heterocycles. The van der Waals surface area contributed by atoms with Crippen LogP contribution < -0.4 is 10.6 Å². The Kier molecular flexibility index (Phi) is 4.54. The predicted octanol–water partition coefficient (Wildman–Crippen LogP) is 0.993. The fourth-order valence-corrected chi connectivity index (χ4v) is 2.56. The molecule has 2 N–H and O–H groups in total. The lowest BCUT2D eigenvalue weighted by molar-refractivity contribution is 0.0586. The molecule has 6 nitrogen and oxygen atoms in total. The van der Waals surface area contributed by atoms with Gasteiger partial charge in [-0.1, -0.05) is 6.92 Å². The summed E-state index contributed by atoms with van der Waals surface area (Å²) in [5, 5.41) is 0. The summed E-state index contributed by atoms with van der Waals surface area (Å²) < 4.78 is 4.69. The van der Waals surface area contributed by atoms with E-state index in [1.54, 1.807) is 0 Å². The summed E-state index contributed by atoms with van der Waals surface area (Å²) in [6.45, 7) is 6.56. The van der Waals surface area contributed by atoms with Gasteiger partial charge in [0.15, 0.2) is 0 Å². The van der Waals surface area contributed by atoms with E-state index in [1.807, 2.05) is 13.0 Å². The van der Waals surface area contributed by atoms with Gasteiger partial charge in [-0.05, 0) is 31.7 Å². The molecule has 20 heavy (non-hydrogen) atoms. The Hall–Kier alpha value is -1.69. The van der Waals surface area contributed by atoms with Crippen LogP contribution in [0.2, 0.25) is 0 Å². The van der Waals surface area contributed by atoms with Crippen LogP contribution in [0.15, 0.2) is 6.07 Å². The summed E-state index contributed by atoms with van der Waals surface area (Å²) >= 11 is 0. The van der Waals surface area contributed by atoms with Crippen LogP contribution in [0, 0.1) is 18.8 Å². The molecule has 2 heterocycles. The van der Waals surface area contributed by atoms with Crippen molar-refractivity contribution in [2.24, 2.45) is 17.6 Å². The summed E-state index contributed by atoms with van der Waals surface area (Å²) in [4.78, 5) is 22.2. The lowest BCUT2D eigenvalue weighted by Gasteiger charge is -2.37. The van der Waals surface area contributed by atoms with Crippen LogP contribution in [0.1, 0.15) is 29.7 Å². The van der Waals surface area contributed by atoms with Crippen molar-refractivity contribution in [1.82, 2.24) is 9.97 Å². The molecule has 1 aromatic rings. The molecular weight excluding hydrogens is 256 g/mol. The van der Waals surface area contributed by atoms with Crippen molar-refractivity contribution in [1.29, 1.82) is 0 Å². The number of aromatic nitrogens is 2. The summed E-state index contributed by atoms with van der Waals surface area (Å²) in [5.74, 6) is 1.48. The Bertz CT molecular complexity index is 492. The first-order chi connectivity index (χ1) is 9.55. The number of nitrogens with zero attached hydrogens (tertiary/aromatic N) is 3. The third-order valence-corrected chi connectivity index (χ3v) is 3.95. The maximum absolute atomic E-state index is 11.6. The standard InChI is InChI=1S/C14H22N4O2/c1-9-4-5-18(8-11(9)7-15)12-6-10(2)16-13(17-12)14(19)20-3/h6,9,11H,4-5,7-8,15H2,1-3H3. The predicted molar refractivity (Wildman–Crippen MR) is 76.6 cm³/mol. The first-order valence-electron chi connectivity index (χ1n) is 6.94. The van der Waals surface area contributed by atoms with Crippen LogP contribution in [0.25, 0.3) is 0 Å². The fraction of sp³-hybridized carbons (Fsp3) is 0.643. The second-order valence-electron chi connectivity index (χ2n) is 5.39. The number of ether oxygens (including phenoxy) is 1. The molecule has 0 aliphatic carbocycles. The van der Waals surface area contributed by atoms with Crippen molar-refractivity contribution >= 4 is 11.8 Å². The number of anilines is 1. The second kappa shape index (κ2) is 6.17. The molecule has 1 saturated heterocycles. The first-order valence-corrected chi connectivity index (χ1v) is 6.94. The van der Waals surface area contributed by atoms with E-state index in [4.69, 9.17) is 10.5 Å². The zero-order valence-corrected chi connectivity index (χ0v) is 12.3. The van der Waals surface area contributed by atoms with Gasteiger partial charge in [0.05, 0.1) is 7.11 Å². The van der Waals surface area contributed by atoms with E-state index in [9.17, 15) is 4.79 Å². The minimum atomic E-state index is -0.504. The van der Waals surface area contributed by atoms with Gasteiger partial charge < -0.3 is 15.4 Å². The van der Waals surface area contributed by atoms with Gasteiger partial charge in [0.25, 0.3) is 0 Å². The van der Waals surface area contributed by atoms with Crippen LogP contribution in [0.5, 0.6) is 0 Å². The number of rotatable bonds is 3. The lowest BCUT2D eigenvalue weighted by Crippen LogP contribution is -2.43. The highest BCUT2D eigenvalue weighted by Gasteiger charge is 2.26. The smallest absolute Gasteiger partial charge is 0.376 e. The molecular formula is C14H22N4O2. The third-order valence-electron chi connectivity index (χ3n) is 3.95.